The van der Waals surface area contributed by atoms with E-state index in [1.54, 1.807) is 0 Å². The van der Waals surface area contributed by atoms with Crippen molar-refractivity contribution < 1.29 is 34.3 Å². The first-order valence-electron chi connectivity index (χ1n) is 9.89. The van der Waals surface area contributed by atoms with Crippen LogP contribution < -0.4 is 0 Å². The number of aliphatic hydroxyl groups excluding tert-OH is 3. The smallest absolute Gasteiger partial charge is 0.305 e. The third-order valence-electron chi connectivity index (χ3n) is 4.79. The van der Waals surface area contributed by atoms with Crippen LogP contribution in [-0.2, 0) is 19.0 Å². The van der Waals surface area contributed by atoms with Gasteiger partial charge in [-0.15, -0.1) is 0 Å². The van der Waals surface area contributed by atoms with Crippen molar-refractivity contribution in [3.63, 3.8) is 0 Å². The highest BCUT2D eigenvalue weighted by molar-refractivity contribution is 5.69. The first kappa shape index (κ1) is 23.3. The lowest BCUT2D eigenvalue weighted by atomic mass is 9.99. The summed E-state index contributed by atoms with van der Waals surface area (Å²) in [7, 11) is 1.32. The molecule has 1 aliphatic heterocycles. The molecule has 7 heteroatoms. The summed E-state index contributed by atoms with van der Waals surface area (Å²) in [5, 5.41) is 29.4. The second-order valence-corrected chi connectivity index (χ2v) is 7.01. The number of rotatable bonds is 13. The van der Waals surface area contributed by atoms with E-state index in [4.69, 9.17) is 14.2 Å². The van der Waals surface area contributed by atoms with Crippen molar-refractivity contribution in [1.29, 1.82) is 0 Å². The second kappa shape index (κ2) is 13.4. The Labute approximate surface area is 156 Å². The van der Waals surface area contributed by atoms with Crippen LogP contribution in [0.15, 0.2) is 0 Å². The number of methoxy groups -OCH3 is 1. The van der Waals surface area contributed by atoms with Gasteiger partial charge in [-0.05, 0) is 6.42 Å². The van der Waals surface area contributed by atoms with Crippen molar-refractivity contribution in [2.24, 2.45) is 0 Å². The van der Waals surface area contributed by atoms with Gasteiger partial charge in [0.2, 0.25) is 0 Å². The van der Waals surface area contributed by atoms with Crippen molar-refractivity contribution in [3.05, 3.63) is 0 Å². The van der Waals surface area contributed by atoms with E-state index in [2.05, 4.69) is 6.92 Å². The van der Waals surface area contributed by atoms with Gasteiger partial charge in [0.15, 0.2) is 6.29 Å². The molecule has 26 heavy (non-hydrogen) atoms. The summed E-state index contributed by atoms with van der Waals surface area (Å²) in [5.74, 6) is -0.349. The minimum atomic E-state index is -1.41. The van der Waals surface area contributed by atoms with E-state index in [9.17, 15) is 20.1 Å². The molecule has 1 heterocycles. The van der Waals surface area contributed by atoms with E-state index < -0.39 is 30.7 Å². The van der Waals surface area contributed by atoms with Gasteiger partial charge in [0.05, 0.1) is 0 Å². The maximum Gasteiger partial charge on any atom is 0.305 e. The highest BCUT2D eigenvalue weighted by Crippen LogP contribution is 2.22. The zero-order chi connectivity index (χ0) is 19.4. The predicted molar refractivity (Wildman–Crippen MR) is 96.5 cm³/mol. The van der Waals surface area contributed by atoms with Gasteiger partial charge >= 0.3 is 5.97 Å². The number of carbonyl (C=O) groups is 1. The topological polar surface area (TPSA) is 105 Å². The van der Waals surface area contributed by atoms with Gasteiger partial charge in [0.25, 0.3) is 0 Å². The predicted octanol–water partition coefficient (Wildman–Crippen LogP) is 1.90. The zero-order valence-corrected chi connectivity index (χ0v) is 16.1. The van der Waals surface area contributed by atoms with E-state index in [1.807, 2.05) is 0 Å². The number of unbranched alkanes of at least 4 members (excludes halogenated alkanes) is 8. The number of ether oxygens (including phenoxy) is 3. The molecule has 0 aliphatic carbocycles. The molecule has 0 saturated carbocycles. The number of aliphatic hydroxyl groups is 3. The Morgan fingerprint density at radius 3 is 2.04 bits per heavy atom. The molecule has 1 saturated heterocycles. The molecule has 1 aliphatic rings. The van der Waals surface area contributed by atoms with Crippen LogP contribution in [0.25, 0.3) is 0 Å². The lowest BCUT2D eigenvalue weighted by Crippen LogP contribution is -2.59. The van der Waals surface area contributed by atoms with Gasteiger partial charge < -0.3 is 29.5 Å². The zero-order valence-electron chi connectivity index (χ0n) is 16.1. The van der Waals surface area contributed by atoms with Gasteiger partial charge in [-0.3, -0.25) is 4.79 Å². The third kappa shape index (κ3) is 8.31. The Bertz CT molecular complexity index is 375. The van der Waals surface area contributed by atoms with E-state index in [0.29, 0.717) is 6.42 Å². The highest BCUT2D eigenvalue weighted by atomic mass is 16.7. The lowest BCUT2D eigenvalue weighted by molar-refractivity contribution is -0.295. The summed E-state index contributed by atoms with van der Waals surface area (Å²) in [6, 6.07) is 0. The van der Waals surface area contributed by atoms with Gasteiger partial charge in [0.1, 0.15) is 31.0 Å². The summed E-state index contributed by atoms with van der Waals surface area (Å²) >= 11 is 0. The van der Waals surface area contributed by atoms with Crippen LogP contribution in [0.3, 0.4) is 0 Å². The molecule has 0 spiro atoms. The molecule has 7 nitrogen and oxygen atoms in total. The summed E-state index contributed by atoms with van der Waals surface area (Å²) in [4.78, 5) is 11.8. The number of esters is 1. The van der Waals surface area contributed by atoms with Crippen molar-refractivity contribution in [2.45, 2.75) is 102 Å². The van der Waals surface area contributed by atoms with Gasteiger partial charge in [-0.1, -0.05) is 58.3 Å². The van der Waals surface area contributed by atoms with E-state index in [1.165, 1.54) is 45.6 Å². The van der Waals surface area contributed by atoms with Crippen LogP contribution >= 0.6 is 0 Å². The van der Waals surface area contributed by atoms with Crippen molar-refractivity contribution in [1.82, 2.24) is 0 Å². The fraction of sp³-hybridized carbons (Fsp3) is 0.947. The summed E-state index contributed by atoms with van der Waals surface area (Å²) < 4.78 is 15.4. The van der Waals surface area contributed by atoms with Gasteiger partial charge in [0, 0.05) is 13.5 Å². The largest absolute Gasteiger partial charge is 0.463 e. The first-order valence-corrected chi connectivity index (χ1v) is 9.89. The number of hydrogen-bond acceptors (Lipinski definition) is 7. The van der Waals surface area contributed by atoms with Crippen LogP contribution in [0.4, 0.5) is 0 Å². The van der Waals surface area contributed by atoms with Gasteiger partial charge in [-0.2, -0.15) is 0 Å². The van der Waals surface area contributed by atoms with Crippen LogP contribution in [0.2, 0.25) is 0 Å². The first-order chi connectivity index (χ1) is 12.5. The fourth-order valence-electron chi connectivity index (χ4n) is 3.08. The SMILES string of the molecule is CCCCCCCCCCCC(=O)OC[C@H]1O[C@H](OC)[C@H](O)[C@@H](O)[C@@H]1O. The minimum Gasteiger partial charge on any atom is -0.463 e. The quantitative estimate of drug-likeness (QED) is 0.333. The Kier molecular flexibility index (Phi) is 12.0. The number of hydrogen-bond donors (Lipinski definition) is 3. The average Bonchev–Trinajstić information content (AvgIpc) is 2.64. The van der Waals surface area contributed by atoms with Crippen LogP contribution in [0, 0.1) is 0 Å². The Morgan fingerprint density at radius 2 is 1.46 bits per heavy atom. The van der Waals surface area contributed by atoms with Crippen LogP contribution in [0.1, 0.15) is 71.1 Å². The molecule has 0 amide bonds. The molecule has 154 valence electrons. The average molecular weight is 376 g/mol. The monoisotopic (exact) mass is 376 g/mol. The second-order valence-electron chi connectivity index (χ2n) is 7.01. The molecule has 0 aromatic carbocycles. The third-order valence-corrected chi connectivity index (χ3v) is 4.79. The maximum absolute atomic E-state index is 11.8. The maximum atomic E-state index is 11.8. The summed E-state index contributed by atoms with van der Waals surface area (Å²) in [6.45, 7) is 2.03. The molecular formula is C19H36O7. The molecule has 0 aromatic heterocycles. The lowest BCUT2D eigenvalue weighted by Gasteiger charge is -2.39. The normalized spacial score (nSPS) is 28.9. The summed E-state index contributed by atoms with van der Waals surface area (Å²) in [5.41, 5.74) is 0. The van der Waals surface area contributed by atoms with E-state index in [0.717, 1.165) is 19.3 Å². The molecule has 0 bridgehead atoms. The fourth-order valence-corrected chi connectivity index (χ4v) is 3.08. The Balaban J connectivity index is 2.10. The van der Waals surface area contributed by atoms with Crippen LogP contribution in [-0.4, -0.2) is 65.7 Å². The molecule has 1 fully saturated rings. The minimum absolute atomic E-state index is 0.179. The molecule has 0 aromatic rings. The van der Waals surface area contributed by atoms with Crippen molar-refractivity contribution in [3.8, 4) is 0 Å². The Hall–Kier alpha value is -0.730. The molecule has 5 atom stereocenters. The summed E-state index contributed by atoms with van der Waals surface area (Å²) in [6.07, 6.45) is 4.82. The van der Waals surface area contributed by atoms with Gasteiger partial charge in [-0.25, -0.2) is 0 Å². The standard InChI is InChI=1S/C19H36O7/c1-3-4-5-6-7-8-9-10-11-12-15(20)25-13-14-16(21)17(22)18(23)19(24-2)26-14/h14,16-19,21-23H,3-13H2,1-2H3/t14-,16-,17+,18-,19+/m1/s1. The molecule has 1 rings (SSSR count). The molecule has 3 N–H and O–H groups in total. The molecule has 0 unspecified atom stereocenters. The Morgan fingerprint density at radius 1 is 0.885 bits per heavy atom. The molecular weight excluding hydrogens is 340 g/mol. The highest BCUT2D eigenvalue weighted by Gasteiger charge is 2.44. The van der Waals surface area contributed by atoms with E-state index >= 15 is 0 Å². The van der Waals surface area contributed by atoms with Crippen molar-refractivity contribution in [2.75, 3.05) is 13.7 Å². The van der Waals surface area contributed by atoms with Crippen LogP contribution in [0.5, 0.6) is 0 Å². The van der Waals surface area contributed by atoms with E-state index in [-0.39, 0.29) is 12.6 Å². The molecule has 0 radical (unpaired) electrons. The number of carbonyl (C=O) groups excluding carboxylic acids is 1. The van der Waals surface area contributed by atoms with Crippen molar-refractivity contribution >= 4 is 5.97 Å².